The molecule has 0 aliphatic carbocycles. The normalized spacial score (nSPS) is 15.7. The number of nitrogens with one attached hydrogen (secondary N) is 1. The smallest absolute Gasteiger partial charge is 0.261 e. The van der Waals surface area contributed by atoms with Crippen molar-refractivity contribution < 1.29 is 19.4 Å². The predicted octanol–water partition coefficient (Wildman–Crippen LogP) is 1.74. The van der Waals surface area contributed by atoms with Gasteiger partial charge in [0, 0.05) is 56.4 Å². The van der Waals surface area contributed by atoms with Crippen LogP contribution in [0, 0.1) is 5.92 Å². The third-order valence-corrected chi connectivity index (χ3v) is 6.36. The summed E-state index contributed by atoms with van der Waals surface area (Å²) in [6.45, 7) is 7.55. The van der Waals surface area contributed by atoms with Crippen molar-refractivity contribution in [2.24, 2.45) is 5.92 Å². The van der Waals surface area contributed by atoms with Gasteiger partial charge in [-0.25, -0.2) is 4.98 Å². The summed E-state index contributed by atoms with van der Waals surface area (Å²) in [7, 11) is 1.56. The third kappa shape index (κ3) is 6.25. The Morgan fingerprint density at radius 3 is 2.65 bits per heavy atom. The van der Waals surface area contributed by atoms with Crippen LogP contribution in [-0.2, 0) is 17.9 Å². The Labute approximate surface area is 186 Å². The van der Waals surface area contributed by atoms with E-state index in [2.05, 4.69) is 15.2 Å². The van der Waals surface area contributed by atoms with Crippen molar-refractivity contribution in [3.8, 4) is 5.88 Å². The van der Waals surface area contributed by atoms with Gasteiger partial charge >= 0.3 is 0 Å². The lowest BCUT2D eigenvalue weighted by Gasteiger charge is -2.36. The minimum absolute atomic E-state index is 0.0817. The Morgan fingerprint density at radius 1 is 1.23 bits per heavy atom. The fourth-order valence-electron chi connectivity index (χ4n) is 3.35. The number of piperazine rings is 1. The van der Waals surface area contributed by atoms with E-state index < -0.39 is 6.10 Å². The SMILES string of the molecule is COc1cc(CNC(=O)c2ccc(CN3CCN(C(=O)C(O)C(C)C)CC3)s2)ccn1. The van der Waals surface area contributed by atoms with Crippen molar-refractivity contribution in [1.82, 2.24) is 20.1 Å². The van der Waals surface area contributed by atoms with Crippen molar-refractivity contribution in [3.63, 3.8) is 0 Å². The van der Waals surface area contributed by atoms with E-state index in [0.29, 0.717) is 30.4 Å². The van der Waals surface area contributed by atoms with Gasteiger partial charge in [-0.05, 0) is 29.7 Å². The second kappa shape index (κ2) is 10.7. The van der Waals surface area contributed by atoms with Crippen LogP contribution >= 0.6 is 11.3 Å². The van der Waals surface area contributed by atoms with Crippen LogP contribution < -0.4 is 10.1 Å². The van der Waals surface area contributed by atoms with Crippen LogP contribution in [0.2, 0.25) is 0 Å². The van der Waals surface area contributed by atoms with E-state index in [9.17, 15) is 14.7 Å². The molecule has 0 bridgehead atoms. The first-order chi connectivity index (χ1) is 14.9. The molecular formula is C22H30N4O4S. The van der Waals surface area contributed by atoms with Gasteiger partial charge < -0.3 is 20.1 Å². The fraction of sp³-hybridized carbons (Fsp3) is 0.500. The van der Waals surface area contributed by atoms with Crippen molar-refractivity contribution >= 4 is 23.2 Å². The second-order valence-electron chi connectivity index (χ2n) is 7.95. The standard InChI is InChI=1S/C22H30N4O4S/c1-15(2)20(27)22(29)26-10-8-25(9-11-26)14-17-4-5-18(31-17)21(28)24-13-16-6-7-23-19(12-16)30-3/h4-7,12,15,20,27H,8-11,13-14H2,1-3H3,(H,24,28). The molecule has 0 saturated carbocycles. The Morgan fingerprint density at radius 2 is 1.97 bits per heavy atom. The molecule has 1 fully saturated rings. The minimum Gasteiger partial charge on any atom is -0.481 e. The number of aromatic nitrogens is 1. The Bertz CT molecular complexity index is 893. The van der Waals surface area contributed by atoms with Gasteiger partial charge in [0.2, 0.25) is 5.88 Å². The number of amides is 2. The molecule has 31 heavy (non-hydrogen) atoms. The summed E-state index contributed by atoms with van der Waals surface area (Å²) >= 11 is 1.48. The lowest BCUT2D eigenvalue weighted by atomic mass is 10.1. The highest BCUT2D eigenvalue weighted by Crippen LogP contribution is 2.20. The van der Waals surface area contributed by atoms with Crippen LogP contribution in [0.15, 0.2) is 30.5 Å². The lowest BCUT2D eigenvalue weighted by molar-refractivity contribution is -0.144. The zero-order valence-electron chi connectivity index (χ0n) is 18.2. The van der Waals surface area contributed by atoms with Crippen LogP contribution in [0.25, 0.3) is 0 Å². The van der Waals surface area contributed by atoms with E-state index in [4.69, 9.17) is 4.74 Å². The summed E-state index contributed by atoms with van der Waals surface area (Å²) < 4.78 is 5.10. The molecule has 9 heteroatoms. The number of carbonyl (C=O) groups excluding carboxylic acids is 2. The number of aliphatic hydroxyl groups is 1. The first-order valence-corrected chi connectivity index (χ1v) is 11.2. The number of hydrogen-bond acceptors (Lipinski definition) is 7. The Balaban J connectivity index is 1.46. The predicted molar refractivity (Wildman–Crippen MR) is 119 cm³/mol. The van der Waals surface area contributed by atoms with E-state index >= 15 is 0 Å². The number of carbonyl (C=O) groups is 2. The molecule has 0 aromatic carbocycles. The maximum atomic E-state index is 12.5. The van der Waals surface area contributed by atoms with E-state index in [1.54, 1.807) is 24.3 Å². The summed E-state index contributed by atoms with van der Waals surface area (Å²) in [5.74, 6) is 0.147. The molecule has 2 N–H and O–H groups in total. The molecule has 2 aromatic rings. The van der Waals surface area contributed by atoms with Crippen LogP contribution in [0.5, 0.6) is 5.88 Å². The van der Waals surface area contributed by atoms with Crippen molar-refractivity contribution in [3.05, 3.63) is 45.8 Å². The van der Waals surface area contributed by atoms with Crippen LogP contribution in [0.3, 0.4) is 0 Å². The zero-order chi connectivity index (χ0) is 22.4. The van der Waals surface area contributed by atoms with E-state index in [0.717, 1.165) is 30.1 Å². The summed E-state index contributed by atoms with van der Waals surface area (Å²) in [6, 6.07) is 7.47. The van der Waals surface area contributed by atoms with E-state index in [-0.39, 0.29) is 17.7 Å². The van der Waals surface area contributed by atoms with E-state index in [1.165, 1.54) is 11.3 Å². The average molecular weight is 447 g/mol. The lowest BCUT2D eigenvalue weighted by Crippen LogP contribution is -2.51. The van der Waals surface area contributed by atoms with Gasteiger partial charge in [-0.3, -0.25) is 14.5 Å². The van der Waals surface area contributed by atoms with Gasteiger partial charge in [-0.1, -0.05) is 13.8 Å². The number of ether oxygens (including phenoxy) is 1. The van der Waals surface area contributed by atoms with E-state index in [1.807, 2.05) is 32.0 Å². The molecule has 8 nitrogen and oxygen atoms in total. The maximum Gasteiger partial charge on any atom is 0.261 e. The molecular weight excluding hydrogens is 416 g/mol. The largest absolute Gasteiger partial charge is 0.481 e. The number of methoxy groups -OCH3 is 1. The van der Waals surface area contributed by atoms with Gasteiger partial charge in [-0.2, -0.15) is 0 Å². The highest BCUT2D eigenvalue weighted by atomic mass is 32.1. The quantitative estimate of drug-likeness (QED) is 0.642. The Hall–Kier alpha value is -2.49. The molecule has 0 spiro atoms. The number of rotatable bonds is 8. The maximum absolute atomic E-state index is 12.5. The van der Waals surface area contributed by atoms with Gasteiger partial charge in [0.25, 0.3) is 11.8 Å². The molecule has 1 aliphatic heterocycles. The third-order valence-electron chi connectivity index (χ3n) is 5.29. The number of thiophene rings is 1. The first-order valence-electron chi connectivity index (χ1n) is 10.4. The molecule has 0 radical (unpaired) electrons. The molecule has 3 rings (SSSR count). The summed E-state index contributed by atoms with van der Waals surface area (Å²) in [5, 5.41) is 12.9. The molecule has 2 amide bonds. The number of nitrogens with zero attached hydrogens (tertiary/aromatic N) is 3. The fourth-order valence-corrected chi connectivity index (χ4v) is 4.31. The monoisotopic (exact) mass is 446 g/mol. The van der Waals surface area contributed by atoms with Gasteiger partial charge in [0.05, 0.1) is 12.0 Å². The van der Waals surface area contributed by atoms with Gasteiger partial charge in [0.1, 0.15) is 6.10 Å². The first kappa shape index (κ1) is 23.2. The van der Waals surface area contributed by atoms with Crippen LogP contribution in [-0.4, -0.2) is 71.1 Å². The second-order valence-corrected chi connectivity index (χ2v) is 9.11. The van der Waals surface area contributed by atoms with Crippen molar-refractivity contribution in [2.45, 2.75) is 33.0 Å². The molecule has 1 atom stereocenters. The number of pyridine rings is 1. The molecule has 1 unspecified atom stereocenters. The van der Waals surface area contributed by atoms with Crippen molar-refractivity contribution in [1.29, 1.82) is 0 Å². The summed E-state index contributed by atoms with van der Waals surface area (Å²) in [4.78, 5) is 34.6. The topological polar surface area (TPSA) is 95.0 Å². The molecule has 2 aromatic heterocycles. The molecule has 3 heterocycles. The summed E-state index contributed by atoms with van der Waals surface area (Å²) in [5.41, 5.74) is 0.923. The summed E-state index contributed by atoms with van der Waals surface area (Å²) in [6.07, 6.45) is 0.721. The molecule has 1 aliphatic rings. The van der Waals surface area contributed by atoms with Crippen LogP contribution in [0.1, 0.15) is 34.0 Å². The minimum atomic E-state index is -0.932. The number of aliphatic hydroxyl groups excluding tert-OH is 1. The van der Waals surface area contributed by atoms with Crippen molar-refractivity contribution in [2.75, 3.05) is 33.3 Å². The Kier molecular flexibility index (Phi) is 8.00. The molecule has 1 saturated heterocycles. The van der Waals surface area contributed by atoms with Gasteiger partial charge in [-0.15, -0.1) is 11.3 Å². The highest BCUT2D eigenvalue weighted by Gasteiger charge is 2.28. The molecule has 168 valence electrons. The number of hydrogen-bond donors (Lipinski definition) is 2. The van der Waals surface area contributed by atoms with Gasteiger partial charge in [0.15, 0.2) is 0 Å². The van der Waals surface area contributed by atoms with Crippen LogP contribution in [0.4, 0.5) is 0 Å². The average Bonchev–Trinajstić information content (AvgIpc) is 3.25. The zero-order valence-corrected chi connectivity index (χ0v) is 19.0. The highest BCUT2D eigenvalue weighted by molar-refractivity contribution is 7.14.